The van der Waals surface area contributed by atoms with Gasteiger partial charge in [-0.2, -0.15) is 5.10 Å². The molecule has 8 N–H and O–H groups in total. The van der Waals surface area contributed by atoms with E-state index >= 15 is 0 Å². The van der Waals surface area contributed by atoms with Gasteiger partial charge in [0.25, 0.3) is 0 Å². The first kappa shape index (κ1) is 18.7. The first-order chi connectivity index (χ1) is 10.4. The van der Waals surface area contributed by atoms with Crippen molar-refractivity contribution < 1.29 is 25.5 Å². The molecule has 0 bridgehead atoms. The first-order valence-electron chi connectivity index (χ1n) is 7.25. The van der Waals surface area contributed by atoms with Gasteiger partial charge < -0.3 is 36.6 Å². The van der Waals surface area contributed by atoms with Crippen LogP contribution in [0, 0.1) is 5.92 Å². The van der Waals surface area contributed by atoms with Gasteiger partial charge in [-0.3, -0.25) is 0 Å². The molecule has 4 unspecified atom stereocenters. The maximum Gasteiger partial charge on any atom is 0.147 e. The van der Waals surface area contributed by atoms with E-state index in [-0.39, 0.29) is 19.1 Å². The monoisotopic (exact) mass is 318 g/mol. The standard InChI is InChI=1S/C13H26N4O5/c1-2-8(6-18)5-17-13(9(14)3-16-17)15-4-10(20)12(22)11(21)7-19/h3,8,10-12,15,18-22H,2,4-7,14H2,1H3. The van der Waals surface area contributed by atoms with Gasteiger partial charge in [-0.1, -0.05) is 6.92 Å². The molecular formula is C13H26N4O5. The molecule has 22 heavy (non-hydrogen) atoms. The average Bonchev–Trinajstić information content (AvgIpc) is 2.88. The summed E-state index contributed by atoms with van der Waals surface area (Å²) in [7, 11) is 0. The van der Waals surface area contributed by atoms with Gasteiger partial charge in [0.1, 0.15) is 18.0 Å². The molecule has 0 radical (unpaired) electrons. The number of aliphatic hydroxyl groups is 5. The Morgan fingerprint density at radius 3 is 2.45 bits per heavy atom. The second-order valence-electron chi connectivity index (χ2n) is 5.28. The summed E-state index contributed by atoms with van der Waals surface area (Å²) in [5.74, 6) is 0.503. The number of nitrogens with two attached hydrogens (primary N) is 1. The lowest BCUT2D eigenvalue weighted by Crippen LogP contribution is -2.43. The minimum Gasteiger partial charge on any atom is -0.396 e. The normalized spacial score (nSPS) is 17.0. The number of rotatable bonds is 10. The van der Waals surface area contributed by atoms with Crippen LogP contribution in [0.1, 0.15) is 13.3 Å². The van der Waals surface area contributed by atoms with E-state index in [0.29, 0.717) is 18.1 Å². The van der Waals surface area contributed by atoms with E-state index in [2.05, 4.69) is 10.4 Å². The fourth-order valence-corrected chi connectivity index (χ4v) is 1.98. The van der Waals surface area contributed by atoms with Gasteiger partial charge in [-0.15, -0.1) is 0 Å². The predicted molar refractivity (Wildman–Crippen MR) is 81.1 cm³/mol. The first-order valence-corrected chi connectivity index (χ1v) is 7.25. The highest BCUT2D eigenvalue weighted by atomic mass is 16.4. The van der Waals surface area contributed by atoms with E-state index in [9.17, 15) is 20.4 Å². The zero-order chi connectivity index (χ0) is 16.7. The van der Waals surface area contributed by atoms with E-state index in [1.807, 2.05) is 6.92 Å². The summed E-state index contributed by atoms with van der Waals surface area (Å²) in [6, 6.07) is 0. The van der Waals surface area contributed by atoms with Gasteiger partial charge in [0.05, 0.1) is 24.6 Å². The topological polar surface area (TPSA) is 157 Å². The number of nitrogens with zero attached hydrogens (tertiary/aromatic N) is 2. The van der Waals surface area contributed by atoms with E-state index in [1.165, 1.54) is 6.20 Å². The molecule has 0 aliphatic heterocycles. The highest BCUT2D eigenvalue weighted by molar-refractivity contribution is 5.60. The maximum atomic E-state index is 9.78. The number of hydrogen-bond donors (Lipinski definition) is 7. The lowest BCUT2D eigenvalue weighted by atomic mass is 10.1. The third-order valence-corrected chi connectivity index (χ3v) is 3.59. The summed E-state index contributed by atoms with van der Waals surface area (Å²) >= 11 is 0. The minimum absolute atomic E-state index is 0.0275. The van der Waals surface area contributed by atoms with Crippen molar-refractivity contribution in [2.24, 2.45) is 5.92 Å². The average molecular weight is 318 g/mol. The molecule has 1 aromatic rings. The SMILES string of the molecule is CCC(CO)Cn1ncc(N)c1NCC(O)C(O)C(O)CO. The van der Waals surface area contributed by atoms with Crippen molar-refractivity contribution in [1.82, 2.24) is 9.78 Å². The van der Waals surface area contributed by atoms with Gasteiger partial charge in [0, 0.05) is 25.6 Å². The molecule has 9 nitrogen and oxygen atoms in total. The Kier molecular flexibility index (Phi) is 7.56. The van der Waals surface area contributed by atoms with Crippen LogP contribution in [0.4, 0.5) is 11.5 Å². The van der Waals surface area contributed by atoms with Crippen LogP contribution in [0.15, 0.2) is 6.20 Å². The van der Waals surface area contributed by atoms with Crippen LogP contribution < -0.4 is 11.1 Å². The molecular weight excluding hydrogens is 292 g/mol. The molecule has 0 saturated carbocycles. The summed E-state index contributed by atoms with van der Waals surface area (Å²) in [6.45, 7) is 1.72. The third-order valence-electron chi connectivity index (χ3n) is 3.59. The Balaban J connectivity index is 2.67. The summed E-state index contributed by atoms with van der Waals surface area (Å²) in [6.07, 6.45) is -1.95. The zero-order valence-corrected chi connectivity index (χ0v) is 12.6. The summed E-state index contributed by atoms with van der Waals surface area (Å²) in [4.78, 5) is 0. The summed E-state index contributed by atoms with van der Waals surface area (Å²) < 4.78 is 1.58. The molecule has 0 amide bonds. The van der Waals surface area contributed by atoms with Crippen LogP contribution in [-0.4, -0.2) is 73.4 Å². The second-order valence-corrected chi connectivity index (χ2v) is 5.28. The van der Waals surface area contributed by atoms with Crippen molar-refractivity contribution in [3.8, 4) is 0 Å². The van der Waals surface area contributed by atoms with Gasteiger partial charge in [-0.05, 0) is 6.42 Å². The molecule has 9 heteroatoms. The van der Waals surface area contributed by atoms with Crippen molar-refractivity contribution >= 4 is 11.5 Å². The smallest absolute Gasteiger partial charge is 0.147 e. The Morgan fingerprint density at radius 2 is 1.91 bits per heavy atom. The molecule has 0 saturated heterocycles. The molecule has 0 aromatic carbocycles. The molecule has 1 heterocycles. The van der Waals surface area contributed by atoms with Gasteiger partial charge >= 0.3 is 0 Å². The molecule has 1 aromatic heterocycles. The second kappa shape index (κ2) is 8.91. The number of aliphatic hydroxyl groups excluding tert-OH is 5. The summed E-state index contributed by atoms with van der Waals surface area (Å²) in [5, 5.41) is 53.6. The molecule has 4 atom stereocenters. The fourth-order valence-electron chi connectivity index (χ4n) is 1.98. The highest BCUT2D eigenvalue weighted by Crippen LogP contribution is 2.20. The molecule has 0 spiro atoms. The Bertz CT molecular complexity index is 438. The van der Waals surface area contributed by atoms with Crippen molar-refractivity contribution in [2.45, 2.75) is 38.2 Å². The van der Waals surface area contributed by atoms with Crippen molar-refractivity contribution in [2.75, 3.05) is 30.8 Å². The minimum atomic E-state index is -1.48. The van der Waals surface area contributed by atoms with Crippen molar-refractivity contribution in [3.63, 3.8) is 0 Å². The van der Waals surface area contributed by atoms with Crippen LogP contribution in [0.2, 0.25) is 0 Å². The number of anilines is 2. The van der Waals surface area contributed by atoms with Crippen LogP contribution in [0.5, 0.6) is 0 Å². The number of nitrogens with one attached hydrogen (secondary N) is 1. The number of nitrogen functional groups attached to an aromatic ring is 1. The largest absolute Gasteiger partial charge is 0.396 e. The van der Waals surface area contributed by atoms with Crippen LogP contribution in [-0.2, 0) is 6.54 Å². The highest BCUT2D eigenvalue weighted by Gasteiger charge is 2.24. The molecule has 0 aliphatic carbocycles. The van der Waals surface area contributed by atoms with Crippen molar-refractivity contribution in [1.29, 1.82) is 0 Å². The number of aromatic nitrogens is 2. The van der Waals surface area contributed by atoms with Crippen LogP contribution >= 0.6 is 0 Å². The Morgan fingerprint density at radius 1 is 1.23 bits per heavy atom. The Hall–Kier alpha value is -1.39. The summed E-state index contributed by atoms with van der Waals surface area (Å²) in [5.41, 5.74) is 6.18. The van der Waals surface area contributed by atoms with E-state index < -0.39 is 24.9 Å². The van der Waals surface area contributed by atoms with Crippen LogP contribution in [0.3, 0.4) is 0 Å². The van der Waals surface area contributed by atoms with Gasteiger partial charge in [0.15, 0.2) is 0 Å². The van der Waals surface area contributed by atoms with Crippen molar-refractivity contribution in [3.05, 3.63) is 6.20 Å². The fraction of sp³-hybridized carbons (Fsp3) is 0.769. The molecule has 0 aliphatic rings. The predicted octanol–water partition coefficient (Wildman–Crippen LogP) is -2.03. The maximum absolute atomic E-state index is 9.78. The van der Waals surface area contributed by atoms with Crippen LogP contribution in [0.25, 0.3) is 0 Å². The zero-order valence-electron chi connectivity index (χ0n) is 12.6. The quantitative estimate of drug-likeness (QED) is 0.260. The van der Waals surface area contributed by atoms with E-state index in [0.717, 1.165) is 6.42 Å². The third kappa shape index (κ3) is 4.82. The number of hydrogen-bond acceptors (Lipinski definition) is 8. The van der Waals surface area contributed by atoms with Gasteiger partial charge in [0.2, 0.25) is 0 Å². The lowest BCUT2D eigenvalue weighted by molar-refractivity contribution is -0.0715. The Labute approximate surface area is 129 Å². The van der Waals surface area contributed by atoms with E-state index in [1.54, 1.807) is 4.68 Å². The molecule has 128 valence electrons. The molecule has 0 fully saturated rings. The van der Waals surface area contributed by atoms with Gasteiger partial charge in [-0.25, -0.2) is 4.68 Å². The van der Waals surface area contributed by atoms with E-state index in [4.69, 9.17) is 10.8 Å². The lowest BCUT2D eigenvalue weighted by Gasteiger charge is -2.22. The molecule has 1 rings (SSSR count).